The average molecular weight is 384 g/mol. The monoisotopic (exact) mass is 384 g/mol. The third-order valence-electron chi connectivity index (χ3n) is 4.68. The molecule has 0 aliphatic heterocycles. The van der Waals surface area contributed by atoms with Crippen molar-refractivity contribution in [2.24, 2.45) is 0 Å². The number of pyridine rings is 1. The number of amides is 1. The number of hydrogen-bond donors (Lipinski definition) is 2. The van der Waals surface area contributed by atoms with Gasteiger partial charge >= 0.3 is 0 Å². The number of aromatic nitrogens is 3. The van der Waals surface area contributed by atoms with Crippen LogP contribution in [0.2, 0.25) is 0 Å². The minimum absolute atomic E-state index is 0.0751. The van der Waals surface area contributed by atoms with Gasteiger partial charge in [-0.05, 0) is 29.3 Å². The van der Waals surface area contributed by atoms with E-state index in [0.29, 0.717) is 12.2 Å². The summed E-state index contributed by atoms with van der Waals surface area (Å²) >= 11 is 0. The molecule has 0 saturated carbocycles. The number of aromatic amines is 1. The van der Waals surface area contributed by atoms with Crippen LogP contribution < -0.4 is 10.9 Å². The summed E-state index contributed by atoms with van der Waals surface area (Å²) in [4.78, 5) is 28.2. The van der Waals surface area contributed by atoms with Crippen molar-refractivity contribution in [1.29, 1.82) is 0 Å². The van der Waals surface area contributed by atoms with E-state index in [-0.39, 0.29) is 11.6 Å². The van der Waals surface area contributed by atoms with Crippen LogP contribution in [0.5, 0.6) is 0 Å². The van der Waals surface area contributed by atoms with Crippen LogP contribution in [0.25, 0.3) is 11.3 Å². The minimum atomic E-state index is -0.424. The van der Waals surface area contributed by atoms with Crippen LogP contribution in [0.15, 0.2) is 96.1 Å². The molecule has 2 heterocycles. The van der Waals surface area contributed by atoms with E-state index in [1.54, 1.807) is 23.0 Å². The quantitative estimate of drug-likeness (QED) is 0.535. The largest absolute Gasteiger partial charge is 0.343 e. The lowest BCUT2D eigenvalue weighted by molar-refractivity contribution is 0.0930. The fourth-order valence-electron chi connectivity index (χ4n) is 3.19. The summed E-state index contributed by atoms with van der Waals surface area (Å²) in [5, 5.41) is 7.19. The van der Waals surface area contributed by atoms with Crippen LogP contribution in [0.1, 0.15) is 22.0 Å². The van der Waals surface area contributed by atoms with Gasteiger partial charge in [-0.2, -0.15) is 5.10 Å². The molecular formula is C23H20N4O2. The van der Waals surface area contributed by atoms with Crippen LogP contribution in [-0.4, -0.2) is 20.7 Å². The summed E-state index contributed by atoms with van der Waals surface area (Å²) < 4.78 is 1.75. The topological polar surface area (TPSA) is 79.8 Å². The third-order valence-corrected chi connectivity index (χ3v) is 4.68. The first-order valence-electron chi connectivity index (χ1n) is 9.33. The Labute approximate surface area is 167 Å². The highest BCUT2D eigenvalue weighted by Crippen LogP contribution is 2.17. The molecule has 0 spiro atoms. The van der Waals surface area contributed by atoms with Crippen LogP contribution in [0, 0.1) is 0 Å². The van der Waals surface area contributed by atoms with E-state index in [4.69, 9.17) is 0 Å². The zero-order valence-corrected chi connectivity index (χ0v) is 15.7. The van der Waals surface area contributed by atoms with Gasteiger partial charge in [0.15, 0.2) is 0 Å². The molecule has 4 rings (SSSR count). The lowest BCUT2D eigenvalue weighted by Crippen LogP contribution is -2.35. The number of nitrogens with one attached hydrogen (secondary N) is 2. The van der Waals surface area contributed by atoms with Crippen LogP contribution in [0.3, 0.4) is 0 Å². The highest BCUT2D eigenvalue weighted by atomic mass is 16.2. The normalized spacial score (nSPS) is 11.7. The van der Waals surface area contributed by atoms with Crippen molar-refractivity contribution in [2.45, 2.75) is 12.6 Å². The Morgan fingerprint density at radius 2 is 1.69 bits per heavy atom. The molecule has 2 aromatic carbocycles. The summed E-state index contributed by atoms with van der Waals surface area (Å²) in [6.07, 6.45) is 3.53. The molecule has 1 amide bonds. The molecule has 0 aliphatic carbocycles. The third kappa shape index (κ3) is 4.32. The van der Waals surface area contributed by atoms with Crippen molar-refractivity contribution in [1.82, 2.24) is 20.1 Å². The summed E-state index contributed by atoms with van der Waals surface area (Å²) in [6, 6.07) is 24.0. The zero-order valence-electron chi connectivity index (χ0n) is 15.7. The number of H-pyrrole nitrogens is 1. The molecule has 0 unspecified atom stereocenters. The molecule has 144 valence electrons. The number of hydrogen-bond acceptors (Lipinski definition) is 3. The molecule has 0 radical (unpaired) electrons. The predicted octanol–water partition coefficient (Wildman–Crippen LogP) is 3.41. The lowest BCUT2D eigenvalue weighted by atomic mass is 10.1. The predicted molar refractivity (Wildman–Crippen MR) is 111 cm³/mol. The zero-order chi connectivity index (χ0) is 20.1. The van der Waals surface area contributed by atoms with E-state index < -0.39 is 11.5 Å². The molecule has 1 atom stereocenters. The molecule has 2 aromatic heterocycles. The van der Waals surface area contributed by atoms with E-state index in [1.807, 2.05) is 72.9 Å². The van der Waals surface area contributed by atoms with Gasteiger partial charge in [-0.15, -0.1) is 0 Å². The van der Waals surface area contributed by atoms with Crippen molar-refractivity contribution < 1.29 is 4.79 Å². The van der Waals surface area contributed by atoms with Gasteiger partial charge < -0.3 is 10.3 Å². The van der Waals surface area contributed by atoms with Crippen molar-refractivity contribution in [3.05, 3.63) is 113 Å². The molecule has 6 nitrogen and oxygen atoms in total. The fraction of sp³-hybridized carbons (Fsp3) is 0.0870. The number of benzene rings is 2. The van der Waals surface area contributed by atoms with Crippen LogP contribution >= 0.6 is 0 Å². The highest BCUT2D eigenvalue weighted by Gasteiger charge is 2.19. The number of carbonyl (C=O) groups excluding carboxylic acids is 1. The van der Waals surface area contributed by atoms with Crippen molar-refractivity contribution >= 4 is 5.91 Å². The Balaban J connectivity index is 1.58. The van der Waals surface area contributed by atoms with Gasteiger partial charge in [0, 0.05) is 18.1 Å². The molecule has 29 heavy (non-hydrogen) atoms. The van der Waals surface area contributed by atoms with E-state index in [1.165, 1.54) is 0 Å². The van der Waals surface area contributed by atoms with E-state index in [0.717, 1.165) is 11.1 Å². The van der Waals surface area contributed by atoms with Crippen LogP contribution in [-0.2, 0) is 6.54 Å². The molecule has 4 aromatic rings. The van der Waals surface area contributed by atoms with Crippen LogP contribution in [0.4, 0.5) is 0 Å². The molecule has 0 bridgehead atoms. The molecule has 6 heteroatoms. The van der Waals surface area contributed by atoms with Gasteiger partial charge in [0.2, 0.25) is 0 Å². The second kappa shape index (κ2) is 8.39. The van der Waals surface area contributed by atoms with E-state index in [9.17, 15) is 9.59 Å². The first kappa shape index (κ1) is 18.4. The summed E-state index contributed by atoms with van der Waals surface area (Å²) in [5.74, 6) is -0.424. The second-order valence-electron chi connectivity index (χ2n) is 6.65. The van der Waals surface area contributed by atoms with E-state index in [2.05, 4.69) is 15.4 Å². The minimum Gasteiger partial charge on any atom is -0.343 e. The van der Waals surface area contributed by atoms with Gasteiger partial charge in [-0.25, -0.2) is 0 Å². The summed E-state index contributed by atoms with van der Waals surface area (Å²) in [6.45, 7) is 0.461. The van der Waals surface area contributed by atoms with Gasteiger partial charge in [-0.1, -0.05) is 60.7 Å². The van der Waals surface area contributed by atoms with Crippen molar-refractivity contribution in [3.63, 3.8) is 0 Å². The summed E-state index contributed by atoms with van der Waals surface area (Å²) in [5.41, 5.74) is 2.15. The molecular weight excluding hydrogens is 364 g/mol. The SMILES string of the molecule is O=C(N[C@H](Cn1cccn1)c1ccccc1)c1ccc(-c2ccccc2)[nH]c1=O. The fourth-order valence-corrected chi connectivity index (χ4v) is 3.19. The standard InChI is InChI=1S/C23H20N4O2/c28-22-19(12-13-20(25-22)17-8-3-1-4-9-17)23(29)26-21(16-27-15-7-14-24-27)18-10-5-2-6-11-18/h1-15,21H,16H2,(H,25,28)(H,26,29)/t21-/m1/s1. The lowest BCUT2D eigenvalue weighted by Gasteiger charge is -2.19. The maximum atomic E-state index is 12.9. The first-order chi connectivity index (χ1) is 14.2. The van der Waals surface area contributed by atoms with Gasteiger partial charge in [-0.3, -0.25) is 14.3 Å². The maximum Gasteiger partial charge on any atom is 0.261 e. The average Bonchev–Trinajstić information content (AvgIpc) is 3.27. The number of rotatable bonds is 6. The smallest absolute Gasteiger partial charge is 0.261 e. The Kier molecular flexibility index (Phi) is 5.33. The van der Waals surface area contributed by atoms with Crippen molar-refractivity contribution in [2.75, 3.05) is 0 Å². The highest BCUT2D eigenvalue weighted by molar-refractivity contribution is 5.94. The first-order valence-corrected chi connectivity index (χ1v) is 9.33. The van der Waals surface area contributed by atoms with Gasteiger partial charge in [0.1, 0.15) is 5.56 Å². The molecule has 2 N–H and O–H groups in total. The molecule has 0 saturated heterocycles. The number of carbonyl (C=O) groups is 1. The molecule has 0 fully saturated rings. The summed E-state index contributed by atoms with van der Waals surface area (Å²) in [7, 11) is 0. The van der Waals surface area contributed by atoms with Crippen molar-refractivity contribution in [3.8, 4) is 11.3 Å². The maximum absolute atomic E-state index is 12.9. The van der Waals surface area contributed by atoms with Gasteiger partial charge in [0.05, 0.1) is 12.6 Å². The Bertz CT molecular complexity index is 1140. The Morgan fingerprint density at radius 1 is 0.966 bits per heavy atom. The second-order valence-corrected chi connectivity index (χ2v) is 6.65. The Hall–Kier alpha value is -3.93. The molecule has 0 aliphatic rings. The van der Waals surface area contributed by atoms with Gasteiger partial charge in [0.25, 0.3) is 11.5 Å². The number of nitrogens with zero attached hydrogens (tertiary/aromatic N) is 2. The van der Waals surface area contributed by atoms with E-state index >= 15 is 0 Å². The Morgan fingerprint density at radius 3 is 2.34 bits per heavy atom.